The highest BCUT2D eigenvalue weighted by Gasteiger charge is 2.34. The first-order valence-electron chi connectivity index (χ1n) is 7.72. The van der Waals surface area contributed by atoms with E-state index < -0.39 is 22.0 Å². The van der Waals surface area contributed by atoms with Crippen LogP contribution in [0.1, 0.15) is 13.3 Å². The molecule has 0 fully saturated rings. The minimum atomic E-state index is -3.82. The summed E-state index contributed by atoms with van der Waals surface area (Å²) in [5.41, 5.74) is 0.191. The van der Waals surface area contributed by atoms with E-state index in [9.17, 15) is 13.2 Å². The fraction of sp³-hybridized carbons (Fsp3) is 0.400. The highest BCUT2D eigenvalue weighted by molar-refractivity contribution is 8.00. The number of amides is 1. The van der Waals surface area contributed by atoms with E-state index in [4.69, 9.17) is 16.3 Å². The van der Waals surface area contributed by atoms with Gasteiger partial charge in [-0.05, 0) is 30.9 Å². The van der Waals surface area contributed by atoms with Crippen molar-refractivity contribution >= 4 is 61.4 Å². The van der Waals surface area contributed by atoms with Gasteiger partial charge in [0.15, 0.2) is 4.34 Å². The number of thioether (sulfide) groups is 1. The van der Waals surface area contributed by atoms with Crippen LogP contribution in [-0.2, 0) is 14.8 Å². The fourth-order valence-corrected chi connectivity index (χ4v) is 4.95. The van der Waals surface area contributed by atoms with Crippen molar-refractivity contribution < 1.29 is 17.9 Å². The molecule has 12 heteroatoms. The third-order valence-electron chi connectivity index (χ3n) is 3.52. The number of hydrogen-bond acceptors (Lipinski definition) is 8. The largest absolute Gasteiger partial charge is 0.495 e. The Labute approximate surface area is 171 Å². The van der Waals surface area contributed by atoms with Crippen molar-refractivity contribution in [3.05, 3.63) is 23.2 Å². The molecule has 0 radical (unpaired) electrons. The minimum Gasteiger partial charge on any atom is -0.495 e. The van der Waals surface area contributed by atoms with Gasteiger partial charge in [0.25, 0.3) is 0 Å². The van der Waals surface area contributed by atoms with Crippen molar-refractivity contribution in [1.82, 2.24) is 10.2 Å². The van der Waals surface area contributed by atoms with Crippen LogP contribution >= 0.6 is 34.7 Å². The molecule has 148 valence electrons. The first kappa shape index (κ1) is 21.7. The summed E-state index contributed by atoms with van der Waals surface area (Å²) in [7, 11) is -2.40. The van der Waals surface area contributed by atoms with Crippen LogP contribution in [-0.4, -0.2) is 50.2 Å². The summed E-state index contributed by atoms with van der Waals surface area (Å²) in [6.07, 6.45) is 3.10. The molecular weight excluding hydrogens is 432 g/mol. The summed E-state index contributed by atoms with van der Waals surface area (Å²) in [6.45, 7) is 1.72. The predicted molar refractivity (Wildman–Crippen MR) is 110 cm³/mol. The van der Waals surface area contributed by atoms with Crippen LogP contribution < -0.4 is 14.4 Å². The third kappa shape index (κ3) is 5.24. The number of nitrogens with one attached hydrogen (secondary N) is 1. The van der Waals surface area contributed by atoms with Gasteiger partial charge in [-0.25, -0.2) is 8.42 Å². The van der Waals surface area contributed by atoms with Crippen LogP contribution in [0.4, 0.5) is 10.8 Å². The average Bonchev–Trinajstić information content (AvgIpc) is 3.05. The number of aromatic nitrogens is 2. The molecule has 0 aliphatic rings. The van der Waals surface area contributed by atoms with Crippen molar-refractivity contribution in [3.8, 4) is 5.75 Å². The van der Waals surface area contributed by atoms with Gasteiger partial charge >= 0.3 is 0 Å². The van der Waals surface area contributed by atoms with Crippen LogP contribution in [0.25, 0.3) is 0 Å². The number of sulfonamides is 1. The Morgan fingerprint density at radius 1 is 1.44 bits per heavy atom. The van der Waals surface area contributed by atoms with Gasteiger partial charge in [-0.3, -0.25) is 14.4 Å². The van der Waals surface area contributed by atoms with Gasteiger partial charge in [-0.15, -0.1) is 10.2 Å². The topological polar surface area (TPSA) is 101 Å². The van der Waals surface area contributed by atoms with E-state index in [1.54, 1.807) is 19.1 Å². The molecule has 2 aromatic rings. The van der Waals surface area contributed by atoms with E-state index in [2.05, 4.69) is 15.5 Å². The third-order valence-corrected chi connectivity index (χ3v) is 6.73. The second-order valence-corrected chi connectivity index (χ2v) is 9.69. The Balaban J connectivity index is 2.44. The molecule has 1 amide bonds. The molecule has 1 heterocycles. The second-order valence-electron chi connectivity index (χ2n) is 5.37. The summed E-state index contributed by atoms with van der Waals surface area (Å²) < 4.78 is 32.0. The Kier molecular flexibility index (Phi) is 7.32. The SMILES string of the molecule is CC[C@H](C(=O)Nc1nnc(SC)s1)N(c1cc(Cl)ccc1OC)S(C)(=O)=O. The van der Waals surface area contributed by atoms with Crippen molar-refractivity contribution in [2.24, 2.45) is 0 Å². The van der Waals surface area contributed by atoms with Crippen LogP contribution in [0.2, 0.25) is 5.02 Å². The molecule has 8 nitrogen and oxygen atoms in total. The molecule has 0 aliphatic carbocycles. The van der Waals surface area contributed by atoms with Gasteiger partial charge in [-0.2, -0.15) is 0 Å². The highest BCUT2D eigenvalue weighted by Crippen LogP contribution is 2.35. The average molecular weight is 451 g/mol. The molecule has 0 saturated heterocycles. The Bertz CT molecular complexity index is 920. The van der Waals surface area contributed by atoms with Gasteiger partial charge < -0.3 is 4.74 Å². The van der Waals surface area contributed by atoms with E-state index in [0.717, 1.165) is 10.6 Å². The van der Waals surface area contributed by atoms with E-state index in [0.29, 0.717) is 14.5 Å². The van der Waals surface area contributed by atoms with Crippen LogP contribution in [0, 0.1) is 0 Å². The van der Waals surface area contributed by atoms with E-state index in [1.165, 1.54) is 36.3 Å². The number of halogens is 1. The Morgan fingerprint density at radius 3 is 2.67 bits per heavy atom. The number of benzene rings is 1. The quantitative estimate of drug-likeness (QED) is 0.487. The van der Waals surface area contributed by atoms with Crippen molar-refractivity contribution in [2.75, 3.05) is 29.2 Å². The van der Waals surface area contributed by atoms with Gasteiger partial charge in [0.1, 0.15) is 11.8 Å². The molecule has 27 heavy (non-hydrogen) atoms. The van der Waals surface area contributed by atoms with Crippen LogP contribution in [0.3, 0.4) is 0 Å². The molecule has 0 spiro atoms. The fourth-order valence-electron chi connectivity index (χ4n) is 2.40. The molecule has 1 N–H and O–H groups in total. The number of methoxy groups -OCH3 is 1. The number of carbonyl (C=O) groups excluding carboxylic acids is 1. The van der Waals surface area contributed by atoms with Crippen molar-refractivity contribution in [1.29, 1.82) is 0 Å². The summed E-state index contributed by atoms with van der Waals surface area (Å²) in [5.74, 6) is -0.231. The maximum Gasteiger partial charge on any atom is 0.250 e. The lowest BCUT2D eigenvalue weighted by Crippen LogP contribution is -2.47. The monoisotopic (exact) mass is 450 g/mol. The maximum absolute atomic E-state index is 12.8. The smallest absolute Gasteiger partial charge is 0.250 e. The van der Waals surface area contributed by atoms with Gasteiger partial charge in [0.2, 0.25) is 21.1 Å². The summed E-state index contributed by atoms with van der Waals surface area (Å²) in [4.78, 5) is 12.8. The van der Waals surface area contributed by atoms with Crippen molar-refractivity contribution in [2.45, 2.75) is 23.7 Å². The van der Waals surface area contributed by atoms with Gasteiger partial charge in [0, 0.05) is 5.02 Å². The zero-order valence-electron chi connectivity index (χ0n) is 15.1. The first-order chi connectivity index (χ1) is 12.7. The van der Waals surface area contributed by atoms with Gasteiger partial charge in [-0.1, -0.05) is 41.6 Å². The predicted octanol–water partition coefficient (Wildman–Crippen LogP) is 3.11. The minimum absolute atomic E-state index is 0.191. The van der Waals surface area contributed by atoms with Crippen molar-refractivity contribution in [3.63, 3.8) is 0 Å². The standard InChI is InChI=1S/C15H19ClN4O4S3/c1-5-10(13(21)17-14-18-19-15(25-3)26-14)20(27(4,22)23)11-8-9(16)6-7-12(11)24-2/h6-8,10H,5H2,1-4H3,(H,17,18,21)/t10-/m1/s1. The number of carbonyl (C=O) groups is 1. The van der Waals surface area contributed by atoms with Crippen LogP contribution in [0.15, 0.2) is 22.5 Å². The lowest BCUT2D eigenvalue weighted by molar-refractivity contribution is -0.117. The summed E-state index contributed by atoms with van der Waals surface area (Å²) in [5, 5.41) is 11.1. The molecule has 0 bridgehead atoms. The Morgan fingerprint density at radius 2 is 2.15 bits per heavy atom. The lowest BCUT2D eigenvalue weighted by atomic mass is 10.2. The highest BCUT2D eigenvalue weighted by atomic mass is 35.5. The first-order valence-corrected chi connectivity index (χ1v) is 12.0. The zero-order valence-corrected chi connectivity index (χ0v) is 18.3. The maximum atomic E-state index is 12.8. The normalized spacial score (nSPS) is 12.5. The zero-order chi connectivity index (χ0) is 20.2. The molecule has 1 aromatic heterocycles. The number of ether oxygens (including phenoxy) is 1. The molecule has 0 aliphatic heterocycles. The van der Waals surface area contributed by atoms with Crippen LogP contribution in [0.5, 0.6) is 5.75 Å². The molecule has 1 atom stereocenters. The Hall–Kier alpha value is -1.56. The molecular formula is C15H19ClN4O4S3. The van der Waals surface area contributed by atoms with Gasteiger partial charge in [0.05, 0.1) is 19.1 Å². The van der Waals surface area contributed by atoms with E-state index in [1.807, 2.05) is 6.26 Å². The second kappa shape index (κ2) is 9.09. The molecule has 0 saturated carbocycles. The summed E-state index contributed by atoms with van der Waals surface area (Å²) >= 11 is 8.66. The summed E-state index contributed by atoms with van der Waals surface area (Å²) in [6, 6.07) is 3.56. The molecule has 0 unspecified atom stereocenters. The number of anilines is 2. The molecule has 1 aromatic carbocycles. The van der Waals surface area contributed by atoms with E-state index >= 15 is 0 Å². The molecule has 2 rings (SSSR count). The number of hydrogen-bond donors (Lipinski definition) is 1. The lowest BCUT2D eigenvalue weighted by Gasteiger charge is -2.30. The van der Waals surface area contributed by atoms with E-state index in [-0.39, 0.29) is 17.9 Å². The number of nitrogens with zero attached hydrogens (tertiary/aromatic N) is 3. The number of rotatable bonds is 8.